The van der Waals surface area contributed by atoms with Crippen molar-refractivity contribution < 1.29 is 4.79 Å². The van der Waals surface area contributed by atoms with Gasteiger partial charge in [0.25, 0.3) is 0 Å². The maximum Gasteiger partial charge on any atom is 0.238 e. The average Bonchev–Trinajstić information content (AvgIpc) is 3.39. The van der Waals surface area contributed by atoms with Gasteiger partial charge in [-0.05, 0) is 58.4 Å². The van der Waals surface area contributed by atoms with Crippen LogP contribution in [0.25, 0.3) is 11.0 Å². The third-order valence-corrected chi connectivity index (χ3v) is 6.49. The molecule has 5 heterocycles. The van der Waals surface area contributed by atoms with Crippen LogP contribution in [0.3, 0.4) is 0 Å². The molecule has 1 fully saturated rings. The number of fused-ring (bicyclic) bond motifs is 1. The molecule has 0 aromatic carbocycles. The predicted octanol–water partition coefficient (Wildman–Crippen LogP) is 3.68. The van der Waals surface area contributed by atoms with Crippen molar-refractivity contribution in [3.8, 4) is 0 Å². The lowest BCUT2D eigenvalue weighted by Crippen LogP contribution is -2.35. The summed E-state index contributed by atoms with van der Waals surface area (Å²) in [5, 5.41) is 14.9. The Hall–Kier alpha value is -4.12. The Morgan fingerprint density at radius 1 is 1.11 bits per heavy atom. The molecule has 36 heavy (non-hydrogen) atoms. The monoisotopic (exact) mass is 486 g/mol. The molecule has 3 N–H and O–H groups in total. The minimum Gasteiger partial charge on any atom is -0.337 e. The van der Waals surface area contributed by atoms with Gasteiger partial charge in [-0.15, -0.1) is 0 Å². The number of amides is 1. The third kappa shape index (κ3) is 4.96. The van der Waals surface area contributed by atoms with Gasteiger partial charge in [0.05, 0.1) is 46.6 Å². The Morgan fingerprint density at radius 2 is 1.94 bits per heavy atom. The SMILES string of the molecule is Cc1ncccc1Nc1ncc2c(Nc3cc(NC(=O)CN4CCC[C@@H]4C)cnc3C)nn(C)c2n1. The number of carbonyl (C=O) groups is 1. The number of hydrogen-bond acceptors (Lipinski definition) is 9. The molecule has 0 bridgehead atoms. The summed E-state index contributed by atoms with van der Waals surface area (Å²) in [7, 11) is 1.83. The lowest BCUT2D eigenvalue weighted by molar-refractivity contribution is -0.117. The van der Waals surface area contributed by atoms with Crippen LogP contribution in [-0.4, -0.2) is 59.7 Å². The van der Waals surface area contributed by atoms with E-state index < -0.39 is 0 Å². The lowest BCUT2D eigenvalue weighted by Gasteiger charge is -2.20. The molecule has 0 unspecified atom stereocenters. The normalized spacial score (nSPS) is 15.8. The van der Waals surface area contributed by atoms with Crippen LogP contribution in [0.15, 0.2) is 36.8 Å². The molecule has 186 valence electrons. The molecule has 0 spiro atoms. The number of aromatic nitrogens is 6. The number of hydrogen-bond donors (Lipinski definition) is 3. The van der Waals surface area contributed by atoms with Crippen molar-refractivity contribution >= 4 is 45.8 Å². The smallest absolute Gasteiger partial charge is 0.238 e. The van der Waals surface area contributed by atoms with E-state index in [2.05, 4.69) is 52.8 Å². The maximum absolute atomic E-state index is 12.6. The molecule has 1 atom stereocenters. The van der Waals surface area contributed by atoms with E-state index >= 15 is 0 Å². The van der Waals surface area contributed by atoms with E-state index in [-0.39, 0.29) is 5.91 Å². The van der Waals surface area contributed by atoms with Crippen LogP contribution >= 0.6 is 0 Å². The molecule has 1 saturated heterocycles. The molecule has 0 aliphatic carbocycles. The van der Waals surface area contributed by atoms with Gasteiger partial charge >= 0.3 is 0 Å². The molecule has 4 aromatic heterocycles. The highest BCUT2D eigenvalue weighted by Gasteiger charge is 2.22. The first-order valence-corrected chi connectivity index (χ1v) is 12.0. The third-order valence-electron chi connectivity index (χ3n) is 6.49. The summed E-state index contributed by atoms with van der Waals surface area (Å²) < 4.78 is 1.70. The van der Waals surface area contributed by atoms with E-state index in [4.69, 9.17) is 0 Å². The van der Waals surface area contributed by atoms with E-state index in [0.717, 1.165) is 47.5 Å². The van der Waals surface area contributed by atoms with E-state index in [1.807, 2.05) is 39.1 Å². The van der Waals surface area contributed by atoms with Crippen molar-refractivity contribution in [1.82, 2.24) is 34.6 Å². The highest BCUT2D eigenvalue weighted by Crippen LogP contribution is 2.28. The minimum atomic E-state index is -0.0408. The molecule has 1 aliphatic rings. The van der Waals surface area contributed by atoms with Crippen LogP contribution in [0.4, 0.5) is 28.8 Å². The first-order chi connectivity index (χ1) is 17.4. The van der Waals surface area contributed by atoms with Gasteiger partial charge in [0, 0.05) is 25.5 Å². The van der Waals surface area contributed by atoms with Crippen LogP contribution in [0, 0.1) is 13.8 Å². The van der Waals surface area contributed by atoms with E-state index in [0.29, 0.717) is 35.7 Å². The fourth-order valence-corrected chi connectivity index (χ4v) is 4.40. The standard InChI is InChI=1S/C25H30N10O/c1-15-7-6-10-35(15)14-22(36)29-18-11-21(17(3)27-12-18)30-23-19-13-28-25(32-24(19)34(4)33-23)31-20-8-5-9-26-16(20)2/h5,8-9,11-13,15H,6-7,10,14H2,1-4H3,(H,29,36)(H,30,33)(H,28,31,32)/t15-/m0/s1. The van der Waals surface area contributed by atoms with Crippen LogP contribution in [-0.2, 0) is 11.8 Å². The van der Waals surface area contributed by atoms with Crippen molar-refractivity contribution in [2.75, 3.05) is 29.0 Å². The van der Waals surface area contributed by atoms with Gasteiger partial charge < -0.3 is 16.0 Å². The Kier molecular flexibility index (Phi) is 6.47. The zero-order valence-electron chi connectivity index (χ0n) is 20.9. The molecule has 0 radical (unpaired) electrons. The van der Waals surface area contributed by atoms with Gasteiger partial charge in [-0.3, -0.25) is 19.7 Å². The van der Waals surface area contributed by atoms with Gasteiger partial charge in [0.1, 0.15) is 0 Å². The Morgan fingerprint density at radius 3 is 2.72 bits per heavy atom. The van der Waals surface area contributed by atoms with Crippen molar-refractivity contribution in [1.29, 1.82) is 0 Å². The van der Waals surface area contributed by atoms with Crippen molar-refractivity contribution in [2.45, 2.75) is 39.7 Å². The van der Waals surface area contributed by atoms with Gasteiger partial charge in [-0.25, -0.2) is 9.67 Å². The Labute approximate surface area is 209 Å². The van der Waals surface area contributed by atoms with Crippen molar-refractivity contribution in [3.63, 3.8) is 0 Å². The van der Waals surface area contributed by atoms with Gasteiger partial charge in [0.2, 0.25) is 11.9 Å². The Bertz CT molecular complexity index is 1420. The predicted molar refractivity (Wildman–Crippen MR) is 140 cm³/mol. The van der Waals surface area contributed by atoms with Crippen molar-refractivity contribution in [2.24, 2.45) is 7.05 Å². The summed E-state index contributed by atoms with van der Waals surface area (Å²) in [5.74, 6) is 1.03. The molecule has 11 heteroatoms. The first kappa shape index (κ1) is 23.6. The molecule has 1 aliphatic heterocycles. The summed E-state index contributed by atoms with van der Waals surface area (Å²) in [6.45, 7) is 7.33. The van der Waals surface area contributed by atoms with Crippen LogP contribution in [0.1, 0.15) is 31.2 Å². The maximum atomic E-state index is 12.6. The van der Waals surface area contributed by atoms with E-state index in [1.54, 1.807) is 23.3 Å². The lowest BCUT2D eigenvalue weighted by atomic mass is 10.2. The number of rotatable bonds is 7. The fraction of sp³-hybridized carbons (Fsp3) is 0.360. The van der Waals surface area contributed by atoms with Gasteiger partial charge in [-0.2, -0.15) is 10.1 Å². The highest BCUT2D eigenvalue weighted by atomic mass is 16.2. The second kappa shape index (κ2) is 9.86. The van der Waals surface area contributed by atoms with Gasteiger partial charge in [-0.1, -0.05) is 0 Å². The van der Waals surface area contributed by atoms with Crippen molar-refractivity contribution in [3.05, 3.63) is 48.2 Å². The summed E-state index contributed by atoms with van der Waals surface area (Å²) in [4.78, 5) is 32.7. The zero-order valence-corrected chi connectivity index (χ0v) is 20.9. The topological polar surface area (TPSA) is 126 Å². The van der Waals surface area contributed by atoms with E-state index in [9.17, 15) is 4.79 Å². The Balaban J connectivity index is 1.34. The number of likely N-dealkylation sites (tertiary alicyclic amines) is 1. The van der Waals surface area contributed by atoms with Crippen LogP contribution in [0.5, 0.6) is 0 Å². The summed E-state index contributed by atoms with van der Waals surface area (Å²) in [6.07, 6.45) is 7.42. The van der Waals surface area contributed by atoms with Crippen LogP contribution in [0.2, 0.25) is 0 Å². The number of pyridine rings is 2. The molecule has 11 nitrogen and oxygen atoms in total. The number of nitrogens with one attached hydrogen (secondary N) is 3. The summed E-state index contributed by atoms with van der Waals surface area (Å²) in [6, 6.07) is 6.10. The number of nitrogens with zero attached hydrogens (tertiary/aromatic N) is 7. The molecule has 5 rings (SSSR count). The largest absolute Gasteiger partial charge is 0.337 e. The first-order valence-electron chi connectivity index (χ1n) is 12.0. The number of aryl methyl sites for hydroxylation is 3. The molecule has 0 saturated carbocycles. The minimum absolute atomic E-state index is 0.0408. The van der Waals surface area contributed by atoms with E-state index in [1.165, 1.54) is 0 Å². The molecular formula is C25H30N10O. The molecule has 4 aromatic rings. The number of anilines is 5. The zero-order chi connectivity index (χ0) is 25.2. The van der Waals surface area contributed by atoms with Gasteiger partial charge in [0.15, 0.2) is 11.5 Å². The molecular weight excluding hydrogens is 456 g/mol. The number of carbonyl (C=O) groups excluding carboxylic acids is 1. The van der Waals surface area contributed by atoms with Crippen LogP contribution < -0.4 is 16.0 Å². The quantitative estimate of drug-likeness (QED) is 0.359. The average molecular weight is 487 g/mol. The summed E-state index contributed by atoms with van der Waals surface area (Å²) in [5.41, 5.74) is 4.54. The highest BCUT2D eigenvalue weighted by molar-refractivity contribution is 5.93. The fourth-order valence-electron chi connectivity index (χ4n) is 4.40. The second-order valence-electron chi connectivity index (χ2n) is 9.16. The summed E-state index contributed by atoms with van der Waals surface area (Å²) >= 11 is 0. The molecule has 1 amide bonds. The second-order valence-corrected chi connectivity index (χ2v) is 9.16.